The van der Waals surface area contributed by atoms with E-state index in [2.05, 4.69) is 73.0 Å². The molecule has 0 atom stereocenters. The molecule has 0 aliphatic carbocycles. The van der Waals surface area contributed by atoms with E-state index >= 15 is 0 Å². The Bertz CT molecular complexity index is 332. The predicted octanol–water partition coefficient (Wildman–Crippen LogP) is 6.59. The average molecular weight is 409 g/mol. The molecule has 134 valence electrons. The number of rotatable bonds is 16. The molecule has 0 radical (unpaired) electrons. The normalized spacial score (nSPS) is 11.2. The van der Waals surface area contributed by atoms with Crippen LogP contribution < -0.4 is 0 Å². The Kier molecular flexibility index (Phi) is 15.9. The molecule has 5 heteroatoms. The number of aryl methyl sites for hydroxylation is 2. The highest BCUT2D eigenvalue weighted by molar-refractivity contribution is 8.03. The molecule has 0 amide bonds. The molecule has 0 aliphatic heterocycles. The smallest absolute Gasteiger partial charge is 0.00484 e. The van der Waals surface area contributed by atoms with Gasteiger partial charge < -0.3 is 0 Å². The molecule has 0 N–H and O–H groups in total. The first kappa shape index (κ1) is 22.1. The largest absolute Gasteiger partial charge is 0.161 e. The van der Waals surface area contributed by atoms with E-state index in [4.69, 9.17) is 0 Å². The molecule has 0 aromatic carbocycles. The van der Waals surface area contributed by atoms with Crippen LogP contribution in [-0.4, -0.2) is 46.0 Å². The van der Waals surface area contributed by atoms with Crippen LogP contribution in [0.25, 0.3) is 0 Å². The summed E-state index contributed by atoms with van der Waals surface area (Å²) >= 11 is 10.4. The van der Waals surface area contributed by atoms with Gasteiger partial charge in [0.1, 0.15) is 0 Å². The zero-order chi connectivity index (χ0) is 16.6. The van der Waals surface area contributed by atoms with E-state index in [1.54, 1.807) is 9.75 Å². The summed E-state index contributed by atoms with van der Waals surface area (Å²) in [5.41, 5.74) is 0. The Labute approximate surface area is 165 Å². The molecule has 0 spiro atoms. The third kappa shape index (κ3) is 13.0. The second-order valence-electron chi connectivity index (χ2n) is 5.19. The molecule has 0 fully saturated rings. The number of hydrogen-bond donors (Lipinski definition) is 0. The van der Waals surface area contributed by atoms with Crippen molar-refractivity contribution in [2.75, 3.05) is 46.0 Å². The third-order valence-corrected chi connectivity index (χ3v) is 8.96. The summed E-state index contributed by atoms with van der Waals surface area (Å²) in [5, 5.41) is 0. The van der Waals surface area contributed by atoms with Gasteiger partial charge in [-0.3, -0.25) is 0 Å². The van der Waals surface area contributed by atoms with Crippen molar-refractivity contribution in [3.63, 3.8) is 0 Å². The first-order chi connectivity index (χ1) is 11.4. The van der Waals surface area contributed by atoms with Crippen LogP contribution >= 0.6 is 58.4 Å². The summed E-state index contributed by atoms with van der Waals surface area (Å²) in [6.07, 6.45) is 5.24. The van der Waals surface area contributed by atoms with Crippen LogP contribution in [0.2, 0.25) is 0 Å². The van der Waals surface area contributed by atoms with Gasteiger partial charge in [0.15, 0.2) is 0 Å². The minimum atomic E-state index is 1.26. The SMILES string of the molecule is CCSCCSCCCc1ccc(CCCSCCSCC)s1. The highest BCUT2D eigenvalue weighted by atomic mass is 32.2. The van der Waals surface area contributed by atoms with Crippen molar-refractivity contribution in [3.8, 4) is 0 Å². The summed E-state index contributed by atoms with van der Waals surface area (Å²) in [6.45, 7) is 4.49. The molecule has 1 aromatic heterocycles. The number of hydrogen-bond acceptors (Lipinski definition) is 5. The molecule has 1 rings (SSSR count). The Hall–Kier alpha value is 1.10. The predicted molar refractivity (Wildman–Crippen MR) is 122 cm³/mol. The molecule has 0 aliphatic rings. The molecule has 23 heavy (non-hydrogen) atoms. The number of thiophene rings is 1. The van der Waals surface area contributed by atoms with Gasteiger partial charge in [-0.25, -0.2) is 0 Å². The minimum Gasteiger partial charge on any atom is -0.161 e. The van der Waals surface area contributed by atoms with E-state index in [9.17, 15) is 0 Å². The lowest BCUT2D eigenvalue weighted by Crippen LogP contribution is -1.90. The van der Waals surface area contributed by atoms with Gasteiger partial charge in [0.05, 0.1) is 0 Å². The van der Waals surface area contributed by atoms with Crippen molar-refractivity contribution in [2.24, 2.45) is 0 Å². The fourth-order valence-corrected chi connectivity index (χ4v) is 6.79. The van der Waals surface area contributed by atoms with E-state index in [0.717, 1.165) is 0 Å². The van der Waals surface area contributed by atoms with Gasteiger partial charge in [-0.15, -0.1) is 11.3 Å². The van der Waals surface area contributed by atoms with Crippen LogP contribution in [0, 0.1) is 0 Å². The second kappa shape index (κ2) is 16.6. The molecule has 0 bridgehead atoms. The van der Waals surface area contributed by atoms with Crippen molar-refractivity contribution >= 4 is 58.4 Å². The summed E-state index contributed by atoms with van der Waals surface area (Å²) in [7, 11) is 0. The summed E-state index contributed by atoms with van der Waals surface area (Å²) in [6, 6.07) is 4.73. The van der Waals surface area contributed by atoms with E-state index in [1.807, 2.05) is 11.3 Å². The third-order valence-electron chi connectivity index (χ3n) is 3.29. The van der Waals surface area contributed by atoms with Crippen LogP contribution in [-0.2, 0) is 12.8 Å². The zero-order valence-electron chi connectivity index (χ0n) is 14.7. The van der Waals surface area contributed by atoms with Gasteiger partial charge >= 0.3 is 0 Å². The maximum Gasteiger partial charge on any atom is 0.00484 e. The quantitative estimate of drug-likeness (QED) is 0.283. The topological polar surface area (TPSA) is 0 Å². The fraction of sp³-hybridized carbons (Fsp3) is 0.778. The van der Waals surface area contributed by atoms with Gasteiger partial charge in [0, 0.05) is 32.8 Å². The maximum atomic E-state index is 2.36. The van der Waals surface area contributed by atoms with Crippen LogP contribution in [0.4, 0.5) is 0 Å². The lowest BCUT2D eigenvalue weighted by molar-refractivity contribution is 0.951. The van der Waals surface area contributed by atoms with Crippen molar-refractivity contribution in [2.45, 2.75) is 39.5 Å². The first-order valence-electron chi connectivity index (χ1n) is 8.75. The summed E-state index contributed by atoms with van der Waals surface area (Å²) < 4.78 is 0. The van der Waals surface area contributed by atoms with Gasteiger partial charge in [-0.05, 0) is 60.8 Å². The van der Waals surface area contributed by atoms with Gasteiger partial charge in [0.25, 0.3) is 0 Å². The molecular weight excluding hydrogens is 377 g/mol. The Morgan fingerprint density at radius 1 is 0.652 bits per heavy atom. The van der Waals surface area contributed by atoms with Crippen molar-refractivity contribution in [1.82, 2.24) is 0 Å². The van der Waals surface area contributed by atoms with Gasteiger partial charge in [-0.1, -0.05) is 13.8 Å². The van der Waals surface area contributed by atoms with Crippen molar-refractivity contribution < 1.29 is 0 Å². The van der Waals surface area contributed by atoms with E-state index < -0.39 is 0 Å². The number of thioether (sulfide) groups is 4. The molecule has 0 saturated carbocycles. The second-order valence-corrected chi connectivity index (χ2v) is 11.7. The standard InChI is InChI=1S/C18H32S5/c1-3-19-13-15-21-11-5-7-17-9-10-18(23-17)8-6-12-22-16-14-20-4-2/h9-10H,3-8,11-16H2,1-2H3. The van der Waals surface area contributed by atoms with Gasteiger partial charge in [-0.2, -0.15) is 47.0 Å². The molecule has 0 unspecified atom stereocenters. The zero-order valence-corrected chi connectivity index (χ0v) is 18.8. The highest BCUT2D eigenvalue weighted by Gasteiger charge is 2.01. The minimum absolute atomic E-state index is 1.26. The van der Waals surface area contributed by atoms with E-state index in [0.29, 0.717) is 0 Å². The van der Waals surface area contributed by atoms with Gasteiger partial charge in [0.2, 0.25) is 0 Å². The van der Waals surface area contributed by atoms with E-state index in [1.165, 1.54) is 71.7 Å². The van der Waals surface area contributed by atoms with E-state index in [-0.39, 0.29) is 0 Å². The lowest BCUT2D eigenvalue weighted by Gasteiger charge is -2.01. The molecule has 0 nitrogen and oxygen atoms in total. The van der Waals surface area contributed by atoms with Crippen molar-refractivity contribution in [3.05, 3.63) is 21.9 Å². The summed E-state index contributed by atoms with van der Waals surface area (Å²) in [4.78, 5) is 3.19. The molecule has 1 aromatic rings. The fourth-order valence-electron chi connectivity index (χ4n) is 2.12. The highest BCUT2D eigenvalue weighted by Crippen LogP contribution is 2.21. The lowest BCUT2D eigenvalue weighted by atomic mass is 10.2. The van der Waals surface area contributed by atoms with Crippen LogP contribution in [0.3, 0.4) is 0 Å². The molecule has 1 heterocycles. The van der Waals surface area contributed by atoms with Crippen molar-refractivity contribution in [1.29, 1.82) is 0 Å². The van der Waals surface area contributed by atoms with Crippen LogP contribution in [0.15, 0.2) is 12.1 Å². The Morgan fingerprint density at radius 2 is 1.09 bits per heavy atom. The molecule has 0 saturated heterocycles. The molecular formula is C18H32S5. The Morgan fingerprint density at radius 3 is 1.52 bits per heavy atom. The Balaban J connectivity index is 1.97. The van der Waals surface area contributed by atoms with Crippen LogP contribution in [0.5, 0.6) is 0 Å². The van der Waals surface area contributed by atoms with Crippen LogP contribution in [0.1, 0.15) is 36.4 Å². The summed E-state index contributed by atoms with van der Waals surface area (Å²) in [5.74, 6) is 10.4. The maximum absolute atomic E-state index is 2.36. The monoisotopic (exact) mass is 408 g/mol. The average Bonchev–Trinajstić information content (AvgIpc) is 3.01. The first-order valence-corrected chi connectivity index (χ1v) is 14.2.